The summed E-state index contributed by atoms with van der Waals surface area (Å²) in [5.74, 6) is 0.664. The van der Waals surface area contributed by atoms with Crippen molar-refractivity contribution in [3.05, 3.63) is 29.1 Å². The maximum atomic E-state index is 13.8. The van der Waals surface area contributed by atoms with Crippen molar-refractivity contribution in [3.8, 4) is 5.75 Å². The summed E-state index contributed by atoms with van der Waals surface area (Å²) >= 11 is 3.66. The Labute approximate surface area is 138 Å². The summed E-state index contributed by atoms with van der Waals surface area (Å²) in [6.45, 7) is 2.23. The maximum Gasteiger partial charge on any atom is 0.165 e. The molecule has 0 spiro atoms. The van der Waals surface area contributed by atoms with Crippen LogP contribution in [0.3, 0.4) is 0 Å². The lowest BCUT2D eigenvalue weighted by Crippen LogP contribution is -2.44. The Morgan fingerprint density at radius 1 is 1.32 bits per heavy atom. The van der Waals surface area contributed by atoms with Gasteiger partial charge in [0.25, 0.3) is 0 Å². The van der Waals surface area contributed by atoms with Gasteiger partial charge in [0.1, 0.15) is 0 Å². The van der Waals surface area contributed by atoms with E-state index in [1.54, 1.807) is 12.1 Å². The van der Waals surface area contributed by atoms with Gasteiger partial charge in [-0.15, -0.1) is 0 Å². The van der Waals surface area contributed by atoms with Crippen molar-refractivity contribution in [2.24, 2.45) is 17.3 Å². The number of aliphatic hydroxyl groups excluding tert-OH is 1. The molecule has 2 saturated carbocycles. The lowest BCUT2D eigenvalue weighted by molar-refractivity contribution is -0.0213. The van der Waals surface area contributed by atoms with Crippen LogP contribution in [0.1, 0.15) is 49.7 Å². The molecule has 0 aromatic heterocycles. The van der Waals surface area contributed by atoms with Crippen LogP contribution in [0.5, 0.6) is 5.75 Å². The highest BCUT2D eigenvalue weighted by Gasteiger charge is 2.57. The van der Waals surface area contributed by atoms with Crippen molar-refractivity contribution in [1.82, 2.24) is 0 Å². The third kappa shape index (κ3) is 1.92. The summed E-state index contributed by atoms with van der Waals surface area (Å²) in [6.07, 6.45) is 4.70. The molecule has 3 aliphatic carbocycles. The molecule has 0 heterocycles. The first-order valence-corrected chi connectivity index (χ1v) is 9.17. The third-order valence-electron chi connectivity index (χ3n) is 6.73. The number of hydrogen-bond acceptors (Lipinski definition) is 2. The summed E-state index contributed by atoms with van der Waals surface area (Å²) in [5, 5.41) is 20.2. The van der Waals surface area contributed by atoms with Crippen molar-refractivity contribution in [1.29, 1.82) is 0 Å². The first kappa shape index (κ1) is 14.9. The number of aliphatic hydroxyl groups is 1. The Kier molecular flexibility index (Phi) is 3.36. The lowest BCUT2D eigenvalue weighted by atomic mass is 9.55. The van der Waals surface area contributed by atoms with Gasteiger partial charge in [-0.3, -0.25) is 0 Å². The van der Waals surface area contributed by atoms with Gasteiger partial charge in [-0.05, 0) is 78.5 Å². The monoisotopic (exact) mass is 368 g/mol. The van der Waals surface area contributed by atoms with E-state index >= 15 is 0 Å². The number of phenols is 1. The summed E-state index contributed by atoms with van der Waals surface area (Å²) in [5.41, 5.74) is 2.20. The van der Waals surface area contributed by atoms with Crippen LogP contribution in [-0.4, -0.2) is 21.1 Å². The van der Waals surface area contributed by atoms with Crippen LogP contribution in [0.4, 0.5) is 4.39 Å². The number of halogens is 2. The van der Waals surface area contributed by atoms with E-state index in [2.05, 4.69) is 22.9 Å². The maximum absolute atomic E-state index is 13.8. The molecular formula is C18H22BrFO2. The number of hydrogen-bond donors (Lipinski definition) is 2. The molecule has 2 nitrogen and oxygen atoms in total. The van der Waals surface area contributed by atoms with Gasteiger partial charge >= 0.3 is 0 Å². The molecule has 0 unspecified atom stereocenters. The van der Waals surface area contributed by atoms with E-state index in [4.69, 9.17) is 0 Å². The minimum Gasteiger partial charge on any atom is -0.505 e. The number of rotatable bonds is 0. The molecule has 3 aliphatic rings. The zero-order valence-electron chi connectivity index (χ0n) is 12.7. The molecule has 2 N–H and O–H groups in total. The van der Waals surface area contributed by atoms with Crippen LogP contribution in [-0.2, 0) is 6.42 Å². The van der Waals surface area contributed by atoms with Crippen LogP contribution in [0.2, 0.25) is 0 Å². The average Bonchev–Trinajstić information content (AvgIpc) is 2.72. The van der Waals surface area contributed by atoms with E-state index in [9.17, 15) is 14.6 Å². The normalized spacial score (nSPS) is 43.4. The van der Waals surface area contributed by atoms with E-state index in [1.807, 2.05) is 0 Å². The second-order valence-corrected chi connectivity index (χ2v) is 8.84. The molecule has 2 fully saturated rings. The van der Waals surface area contributed by atoms with Crippen LogP contribution in [0.25, 0.3) is 0 Å². The van der Waals surface area contributed by atoms with Crippen molar-refractivity contribution < 1.29 is 14.6 Å². The SMILES string of the molecule is C[C@]12CC[C@@H]3c4cc(F)c(O)cc4CC[C@H]3[C@@H]1C[C@@H](Br)[C@H]2O. The molecule has 4 rings (SSSR count). The average molecular weight is 369 g/mol. The Balaban J connectivity index is 1.73. The summed E-state index contributed by atoms with van der Waals surface area (Å²) in [7, 11) is 0. The third-order valence-corrected chi connectivity index (χ3v) is 7.60. The zero-order chi connectivity index (χ0) is 15.6. The van der Waals surface area contributed by atoms with Gasteiger partial charge in [-0.1, -0.05) is 22.9 Å². The van der Waals surface area contributed by atoms with Gasteiger partial charge in [0.15, 0.2) is 11.6 Å². The number of phenolic OH excluding ortho intramolecular Hbond substituents is 1. The molecule has 120 valence electrons. The minimum atomic E-state index is -0.502. The van der Waals surface area contributed by atoms with Gasteiger partial charge in [-0.25, -0.2) is 4.39 Å². The molecular weight excluding hydrogens is 347 g/mol. The van der Waals surface area contributed by atoms with Crippen LogP contribution < -0.4 is 0 Å². The molecule has 6 atom stereocenters. The number of fused-ring (bicyclic) bond motifs is 5. The summed E-state index contributed by atoms with van der Waals surface area (Å²) < 4.78 is 13.8. The van der Waals surface area contributed by atoms with E-state index in [-0.39, 0.29) is 22.1 Å². The molecule has 0 radical (unpaired) electrons. The highest BCUT2D eigenvalue weighted by Crippen LogP contribution is 2.62. The van der Waals surface area contributed by atoms with Crippen molar-refractivity contribution in [2.75, 3.05) is 0 Å². The van der Waals surface area contributed by atoms with Crippen molar-refractivity contribution in [3.63, 3.8) is 0 Å². The topological polar surface area (TPSA) is 40.5 Å². The zero-order valence-corrected chi connectivity index (χ0v) is 14.3. The van der Waals surface area contributed by atoms with Gasteiger partial charge in [0.2, 0.25) is 0 Å². The largest absolute Gasteiger partial charge is 0.505 e. The first-order valence-electron chi connectivity index (χ1n) is 8.25. The molecule has 0 bridgehead atoms. The lowest BCUT2D eigenvalue weighted by Gasteiger charge is -2.50. The van der Waals surface area contributed by atoms with Gasteiger partial charge < -0.3 is 10.2 Å². The fraction of sp³-hybridized carbons (Fsp3) is 0.667. The van der Waals surface area contributed by atoms with E-state index < -0.39 is 5.82 Å². The fourth-order valence-corrected chi connectivity index (χ4v) is 6.53. The number of aromatic hydroxyl groups is 1. The number of alkyl halides is 1. The van der Waals surface area contributed by atoms with Gasteiger partial charge in [-0.2, -0.15) is 0 Å². The standard InChI is InChI=1S/C18H22BrFO2/c1-18-5-4-10-11(13(18)8-14(19)17(18)22)3-2-9-6-16(21)15(20)7-12(9)10/h6-7,10-11,13-14,17,21-22H,2-5,8H2,1H3/t10-,11+,13-,14+,17+,18-/m0/s1. The summed E-state index contributed by atoms with van der Waals surface area (Å²) in [4.78, 5) is 0.180. The summed E-state index contributed by atoms with van der Waals surface area (Å²) in [6, 6.07) is 3.17. The van der Waals surface area contributed by atoms with Crippen LogP contribution in [0.15, 0.2) is 12.1 Å². The second kappa shape index (κ2) is 4.94. The van der Waals surface area contributed by atoms with Crippen molar-refractivity contribution >= 4 is 15.9 Å². The van der Waals surface area contributed by atoms with Gasteiger partial charge in [0.05, 0.1) is 6.10 Å². The minimum absolute atomic E-state index is 0.0116. The Bertz CT molecular complexity index is 619. The van der Waals surface area contributed by atoms with E-state index in [0.29, 0.717) is 17.8 Å². The molecule has 1 aromatic carbocycles. The highest BCUT2D eigenvalue weighted by atomic mass is 79.9. The predicted molar refractivity (Wildman–Crippen MR) is 86.8 cm³/mol. The van der Waals surface area contributed by atoms with E-state index in [0.717, 1.165) is 43.2 Å². The quantitative estimate of drug-likeness (QED) is 0.676. The Morgan fingerprint density at radius 2 is 2.09 bits per heavy atom. The Hall–Kier alpha value is -0.610. The molecule has 0 saturated heterocycles. The second-order valence-electron chi connectivity index (χ2n) is 7.66. The first-order chi connectivity index (χ1) is 10.4. The van der Waals surface area contributed by atoms with Crippen molar-refractivity contribution in [2.45, 2.75) is 55.9 Å². The molecule has 0 amide bonds. The van der Waals surface area contributed by atoms with Crippen LogP contribution in [0, 0.1) is 23.1 Å². The van der Waals surface area contributed by atoms with Crippen LogP contribution >= 0.6 is 15.9 Å². The predicted octanol–water partition coefficient (Wildman–Crippen LogP) is 4.12. The smallest absolute Gasteiger partial charge is 0.165 e. The molecule has 22 heavy (non-hydrogen) atoms. The number of benzene rings is 1. The Morgan fingerprint density at radius 3 is 2.86 bits per heavy atom. The highest BCUT2D eigenvalue weighted by molar-refractivity contribution is 9.09. The van der Waals surface area contributed by atoms with E-state index in [1.165, 1.54) is 0 Å². The molecule has 1 aromatic rings. The fourth-order valence-electron chi connectivity index (χ4n) is 5.52. The molecule has 0 aliphatic heterocycles. The molecule has 4 heteroatoms. The van der Waals surface area contributed by atoms with Gasteiger partial charge in [0, 0.05) is 4.83 Å². The number of aryl methyl sites for hydroxylation is 1.